The average molecular weight is 231 g/mol. The van der Waals surface area contributed by atoms with Crippen molar-refractivity contribution in [2.45, 2.75) is 6.92 Å². The van der Waals surface area contributed by atoms with Crippen molar-refractivity contribution in [3.8, 4) is 11.3 Å². The lowest BCUT2D eigenvalue weighted by Crippen LogP contribution is -1.84. The van der Waals surface area contributed by atoms with Crippen molar-refractivity contribution in [3.63, 3.8) is 0 Å². The molecular weight excluding hydrogens is 222 g/mol. The van der Waals surface area contributed by atoms with Crippen LogP contribution in [0, 0.1) is 6.92 Å². The van der Waals surface area contributed by atoms with E-state index in [0.717, 1.165) is 16.8 Å². The molecule has 0 saturated heterocycles. The third-order valence-electron chi connectivity index (χ3n) is 2.10. The summed E-state index contributed by atoms with van der Waals surface area (Å²) in [5.41, 5.74) is 17.3. The number of thiazole rings is 1. The number of nitrogens with two attached hydrogens (primary N) is 1. The Kier molecular flexibility index (Phi) is 2.76. The number of nitrogens with zero attached hydrogens (tertiary/aromatic N) is 4. The molecule has 1 aromatic heterocycles. The summed E-state index contributed by atoms with van der Waals surface area (Å²) in [5.74, 6) is 0. The van der Waals surface area contributed by atoms with Crippen LogP contribution in [-0.4, -0.2) is 4.98 Å². The molecule has 1 aromatic carbocycles. The second kappa shape index (κ2) is 4.22. The maximum atomic E-state index is 8.48. The van der Waals surface area contributed by atoms with Crippen molar-refractivity contribution in [1.29, 1.82) is 0 Å². The molecular formula is C10H9N5S. The van der Waals surface area contributed by atoms with Crippen LogP contribution in [-0.2, 0) is 0 Å². The number of anilines is 1. The normalized spacial score (nSPS) is 9.81. The molecule has 1 heterocycles. The van der Waals surface area contributed by atoms with Gasteiger partial charge in [-0.2, -0.15) is 0 Å². The van der Waals surface area contributed by atoms with Gasteiger partial charge in [-0.3, -0.25) is 0 Å². The number of rotatable bonds is 2. The van der Waals surface area contributed by atoms with Gasteiger partial charge in [-0.1, -0.05) is 22.8 Å². The van der Waals surface area contributed by atoms with E-state index in [1.807, 2.05) is 24.4 Å². The number of azide groups is 1. The molecule has 0 radical (unpaired) electrons. The van der Waals surface area contributed by atoms with E-state index in [4.69, 9.17) is 11.3 Å². The van der Waals surface area contributed by atoms with Gasteiger partial charge in [0.05, 0.1) is 5.69 Å². The summed E-state index contributed by atoms with van der Waals surface area (Å²) in [6.45, 7) is 1.97. The minimum Gasteiger partial charge on any atom is -0.375 e. The van der Waals surface area contributed by atoms with Crippen LogP contribution in [0.4, 0.5) is 10.8 Å². The van der Waals surface area contributed by atoms with Gasteiger partial charge < -0.3 is 5.73 Å². The first kappa shape index (κ1) is 10.5. The quantitative estimate of drug-likeness (QED) is 0.485. The first-order chi connectivity index (χ1) is 7.70. The summed E-state index contributed by atoms with van der Waals surface area (Å²) < 4.78 is 0. The number of hydrogen-bond acceptors (Lipinski definition) is 4. The second-order valence-electron chi connectivity index (χ2n) is 3.28. The minimum absolute atomic E-state index is 0.503. The molecule has 0 aliphatic heterocycles. The van der Waals surface area contributed by atoms with Crippen LogP contribution < -0.4 is 5.73 Å². The van der Waals surface area contributed by atoms with Gasteiger partial charge in [0.1, 0.15) is 0 Å². The third kappa shape index (κ3) is 1.98. The Hall–Kier alpha value is -2.04. The Morgan fingerprint density at radius 2 is 2.31 bits per heavy atom. The Bertz CT molecular complexity index is 568. The van der Waals surface area contributed by atoms with E-state index in [1.54, 1.807) is 6.07 Å². The van der Waals surface area contributed by atoms with Crippen LogP contribution >= 0.6 is 11.3 Å². The largest absolute Gasteiger partial charge is 0.375 e. The van der Waals surface area contributed by atoms with Crippen LogP contribution in [0.3, 0.4) is 0 Å². The van der Waals surface area contributed by atoms with Crippen molar-refractivity contribution in [3.05, 3.63) is 39.6 Å². The fourth-order valence-electron chi connectivity index (χ4n) is 1.40. The lowest BCUT2D eigenvalue weighted by Gasteiger charge is -2.03. The van der Waals surface area contributed by atoms with Crippen molar-refractivity contribution >= 4 is 22.2 Å². The van der Waals surface area contributed by atoms with Crippen molar-refractivity contribution in [1.82, 2.24) is 4.98 Å². The molecule has 6 heteroatoms. The topological polar surface area (TPSA) is 87.7 Å². The molecule has 0 unspecified atom stereocenters. The molecule has 2 aromatic rings. The Balaban J connectivity index is 2.61. The van der Waals surface area contributed by atoms with Crippen molar-refractivity contribution in [2.75, 3.05) is 5.73 Å². The fraction of sp³-hybridized carbons (Fsp3) is 0.100. The lowest BCUT2D eigenvalue weighted by atomic mass is 10.1. The number of nitrogen functional groups attached to an aromatic ring is 1. The molecule has 0 fully saturated rings. The highest BCUT2D eigenvalue weighted by atomic mass is 32.1. The van der Waals surface area contributed by atoms with Crippen molar-refractivity contribution < 1.29 is 0 Å². The molecule has 0 aliphatic rings. The van der Waals surface area contributed by atoms with Crippen molar-refractivity contribution in [2.24, 2.45) is 5.11 Å². The molecule has 0 aliphatic carbocycles. The predicted octanol–water partition coefficient (Wildman–Crippen LogP) is 3.64. The third-order valence-corrected chi connectivity index (χ3v) is 2.78. The van der Waals surface area contributed by atoms with Gasteiger partial charge in [0.25, 0.3) is 0 Å². The van der Waals surface area contributed by atoms with E-state index >= 15 is 0 Å². The number of aromatic nitrogens is 1. The SMILES string of the molecule is Cc1ccc(N=[N+]=[N-])c(-c2csc(N)n2)c1. The maximum Gasteiger partial charge on any atom is 0.180 e. The fourth-order valence-corrected chi connectivity index (χ4v) is 1.96. The van der Waals surface area contributed by atoms with Gasteiger partial charge in [-0.05, 0) is 18.5 Å². The highest BCUT2D eigenvalue weighted by Crippen LogP contribution is 2.32. The summed E-state index contributed by atoms with van der Waals surface area (Å²) in [7, 11) is 0. The predicted molar refractivity (Wildman–Crippen MR) is 65.5 cm³/mol. The van der Waals surface area contributed by atoms with E-state index < -0.39 is 0 Å². The maximum absolute atomic E-state index is 8.48. The summed E-state index contributed by atoms with van der Waals surface area (Å²) >= 11 is 1.36. The van der Waals surface area contributed by atoms with Gasteiger partial charge in [0.15, 0.2) is 5.13 Å². The molecule has 0 atom stereocenters. The molecule has 2 rings (SSSR count). The number of hydrogen-bond donors (Lipinski definition) is 1. The summed E-state index contributed by atoms with van der Waals surface area (Å²) in [6.07, 6.45) is 0. The van der Waals surface area contributed by atoms with Gasteiger partial charge >= 0.3 is 0 Å². The van der Waals surface area contributed by atoms with Crippen LogP contribution in [0.1, 0.15) is 5.56 Å². The number of benzene rings is 1. The molecule has 80 valence electrons. The first-order valence-electron chi connectivity index (χ1n) is 4.58. The molecule has 0 saturated carbocycles. The van der Waals surface area contributed by atoms with Crippen LogP contribution in [0.25, 0.3) is 21.7 Å². The molecule has 0 bridgehead atoms. The Morgan fingerprint density at radius 3 is 2.94 bits per heavy atom. The zero-order chi connectivity index (χ0) is 11.5. The van der Waals surface area contributed by atoms with E-state index in [-0.39, 0.29) is 0 Å². The van der Waals surface area contributed by atoms with E-state index in [1.165, 1.54) is 11.3 Å². The Morgan fingerprint density at radius 1 is 1.50 bits per heavy atom. The van der Waals surface area contributed by atoms with Crippen LogP contribution in [0.5, 0.6) is 0 Å². The van der Waals surface area contributed by atoms with E-state index in [2.05, 4.69) is 15.0 Å². The highest BCUT2D eigenvalue weighted by molar-refractivity contribution is 7.13. The Labute approximate surface area is 96.2 Å². The van der Waals surface area contributed by atoms with E-state index in [0.29, 0.717) is 10.8 Å². The zero-order valence-electron chi connectivity index (χ0n) is 8.58. The molecule has 0 spiro atoms. The summed E-state index contributed by atoms with van der Waals surface area (Å²) in [4.78, 5) is 6.98. The van der Waals surface area contributed by atoms with Gasteiger partial charge in [0.2, 0.25) is 0 Å². The van der Waals surface area contributed by atoms with Gasteiger partial charge in [-0.25, -0.2) is 4.98 Å². The van der Waals surface area contributed by atoms with Gasteiger partial charge in [-0.15, -0.1) is 11.3 Å². The first-order valence-corrected chi connectivity index (χ1v) is 5.46. The number of aryl methyl sites for hydroxylation is 1. The lowest BCUT2D eigenvalue weighted by molar-refractivity contribution is 1.36. The van der Waals surface area contributed by atoms with Gasteiger partial charge in [0, 0.05) is 21.5 Å². The molecule has 16 heavy (non-hydrogen) atoms. The minimum atomic E-state index is 0.503. The molecule has 2 N–H and O–H groups in total. The standard InChI is InChI=1S/C10H9N5S/c1-6-2-3-8(14-15-12)7(4-6)9-5-16-10(11)13-9/h2-5H,1H3,(H2,11,13). The van der Waals surface area contributed by atoms with Crippen LogP contribution in [0.15, 0.2) is 28.7 Å². The molecule has 5 nitrogen and oxygen atoms in total. The smallest absolute Gasteiger partial charge is 0.180 e. The average Bonchev–Trinajstić information content (AvgIpc) is 2.68. The summed E-state index contributed by atoms with van der Waals surface area (Å²) in [6, 6.07) is 5.60. The monoisotopic (exact) mass is 231 g/mol. The van der Waals surface area contributed by atoms with Crippen LogP contribution in [0.2, 0.25) is 0 Å². The van der Waals surface area contributed by atoms with E-state index in [9.17, 15) is 0 Å². The zero-order valence-corrected chi connectivity index (χ0v) is 9.40. The highest BCUT2D eigenvalue weighted by Gasteiger charge is 2.07. The second-order valence-corrected chi connectivity index (χ2v) is 4.17. The summed E-state index contributed by atoms with van der Waals surface area (Å²) in [5, 5.41) is 5.99. The molecule has 0 amide bonds.